The molecule has 0 aliphatic carbocycles. The summed E-state index contributed by atoms with van der Waals surface area (Å²) in [5, 5.41) is 13.7. The molecule has 2 rings (SSSR count). The fourth-order valence-electron chi connectivity index (χ4n) is 2.59. The quantitative estimate of drug-likeness (QED) is 0.732. The van der Waals surface area contributed by atoms with Crippen LogP contribution in [-0.2, 0) is 11.3 Å². The van der Waals surface area contributed by atoms with Crippen LogP contribution in [0.2, 0.25) is 0 Å². The SMILES string of the molecule is CC[C@H](c1cnn(CCCOC)c1)c1ccccc1C#N. The number of nitriles is 1. The number of rotatable bonds is 7. The summed E-state index contributed by atoms with van der Waals surface area (Å²) < 4.78 is 7.01. The number of ether oxygens (including phenoxy) is 1. The van der Waals surface area contributed by atoms with Crippen molar-refractivity contribution in [2.45, 2.75) is 32.2 Å². The van der Waals surface area contributed by atoms with Gasteiger partial charge < -0.3 is 4.74 Å². The van der Waals surface area contributed by atoms with E-state index in [9.17, 15) is 5.26 Å². The van der Waals surface area contributed by atoms with Crippen LogP contribution in [0.1, 0.15) is 42.4 Å². The third-order valence-electron chi connectivity index (χ3n) is 3.66. The van der Waals surface area contributed by atoms with Gasteiger partial charge in [-0.3, -0.25) is 4.68 Å². The first-order chi connectivity index (χ1) is 10.3. The Kier molecular flexibility index (Phi) is 5.53. The summed E-state index contributed by atoms with van der Waals surface area (Å²) in [6.07, 6.45) is 5.89. The van der Waals surface area contributed by atoms with Crippen molar-refractivity contribution in [2.24, 2.45) is 0 Å². The van der Waals surface area contributed by atoms with Crippen molar-refractivity contribution in [1.29, 1.82) is 5.26 Å². The first-order valence-electron chi connectivity index (χ1n) is 7.30. The van der Waals surface area contributed by atoms with Crippen LogP contribution in [0.15, 0.2) is 36.7 Å². The molecule has 0 spiro atoms. The molecule has 0 unspecified atom stereocenters. The Labute approximate surface area is 126 Å². The smallest absolute Gasteiger partial charge is 0.0994 e. The first-order valence-corrected chi connectivity index (χ1v) is 7.30. The number of hydrogen-bond donors (Lipinski definition) is 0. The highest BCUT2D eigenvalue weighted by molar-refractivity contribution is 5.43. The number of hydrogen-bond acceptors (Lipinski definition) is 3. The van der Waals surface area contributed by atoms with Crippen LogP contribution < -0.4 is 0 Å². The van der Waals surface area contributed by atoms with E-state index in [-0.39, 0.29) is 5.92 Å². The van der Waals surface area contributed by atoms with Gasteiger partial charge in [0.2, 0.25) is 0 Å². The van der Waals surface area contributed by atoms with Gasteiger partial charge in [-0.2, -0.15) is 10.4 Å². The minimum Gasteiger partial charge on any atom is -0.385 e. The lowest BCUT2D eigenvalue weighted by Crippen LogP contribution is -2.03. The zero-order valence-corrected chi connectivity index (χ0v) is 12.6. The van der Waals surface area contributed by atoms with Crippen molar-refractivity contribution in [3.05, 3.63) is 53.3 Å². The summed E-state index contributed by atoms with van der Waals surface area (Å²) in [6.45, 7) is 3.73. The lowest BCUT2D eigenvalue weighted by Gasteiger charge is -2.14. The Morgan fingerprint density at radius 1 is 1.38 bits per heavy atom. The molecule has 21 heavy (non-hydrogen) atoms. The van der Waals surface area contributed by atoms with E-state index in [0.717, 1.165) is 42.7 Å². The van der Waals surface area contributed by atoms with Gasteiger partial charge in [0.1, 0.15) is 0 Å². The minimum absolute atomic E-state index is 0.219. The molecule has 4 nitrogen and oxygen atoms in total. The van der Waals surface area contributed by atoms with Gasteiger partial charge in [-0.25, -0.2) is 0 Å². The maximum absolute atomic E-state index is 9.27. The zero-order valence-electron chi connectivity index (χ0n) is 12.6. The molecule has 0 N–H and O–H groups in total. The summed E-state index contributed by atoms with van der Waals surface area (Å²) in [6, 6.07) is 10.1. The summed E-state index contributed by atoms with van der Waals surface area (Å²) in [5.41, 5.74) is 2.99. The summed E-state index contributed by atoms with van der Waals surface area (Å²) in [4.78, 5) is 0. The van der Waals surface area contributed by atoms with Crippen molar-refractivity contribution >= 4 is 0 Å². The molecule has 1 aromatic carbocycles. The highest BCUT2D eigenvalue weighted by Gasteiger charge is 2.17. The molecule has 0 fully saturated rings. The zero-order chi connectivity index (χ0) is 15.1. The normalized spacial score (nSPS) is 12.0. The van der Waals surface area contributed by atoms with Crippen molar-refractivity contribution in [3.8, 4) is 6.07 Å². The molecule has 1 atom stereocenters. The molecule has 1 aromatic heterocycles. The van der Waals surface area contributed by atoms with Crippen LogP contribution in [-0.4, -0.2) is 23.5 Å². The Balaban J connectivity index is 2.20. The van der Waals surface area contributed by atoms with Crippen molar-refractivity contribution in [1.82, 2.24) is 9.78 Å². The Bertz CT molecular complexity index is 612. The van der Waals surface area contributed by atoms with Crippen molar-refractivity contribution in [3.63, 3.8) is 0 Å². The second-order valence-electron chi connectivity index (χ2n) is 5.04. The number of aryl methyl sites for hydroxylation is 1. The minimum atomic E-state index is 0.219. The monoisotopic (exact) mass is 283 g/mol. The maximum atomic E-state index is 9.27. The van der Waals surface area contributed by atoms with Crippen LogP contribution in [0, 0.1) is 11.3 Å². The summed E-state index contributed by atoms with van der Waals surface area (Å²) in [5.74, 6) is 0.219. The summed E-state index contributed by atoms with van der Waals surface area (Å²) in [7, 11) is 1.71. The fraction of sp³-hybridized carbons (Fsp3) is 0.412. The molecule has 0 aliphatic rings. The third kappa shape index (κ3) is 3.71. The largest absolute Gasteiger partial charge is 0.385 e. The second kappa shape index (κ2) is 7.61. The van der Waals surface area contributed by atoms with Gasteiger partial charge >= 0.3 is 0 Å². The Hall–Kier alpha value is -2.12. The average molecular weight is 283 g/mol. The summed E-state index contributed by atoms with van der Waals surface area (Å²) >= 11 is 0. The maximum Gasteiger partial charge on any atom is 0.0994 e. The van der Waals surface area contributed by atoms with E-state index in [0.29, 0.717) is 0 Å². The van der Waals surface area contributed by atoms with Gasteiger partial charge in [0.05, 0.1) is 17.8 Å². The van der Waals surface area contributed by atoms with E-state index in [2.05, 4.69) is 24.3 Å². The van der Waals surface area contributed by atoms with E-state index < -0.39 is 0 Å². The average Bonchev–Trinajstić information content (AvgIpc) is 2.97. The lowest BCUT2D eigenvalue weighted by atomic mass is 9.88. The van der Waals surface area contributed by atoms with Crippen molar-refractivity contribution < 1.29 is 4.74 Å². The number of methoxy groups -OCH3 is 1. The number of benzene rings is 1. The molecule has 0 amide bonds. The predicted molar refractivity (Wildman–Crippen MR) is 82.0 cm³/mol. The van der Waals surface area contributed by atoms with Crippen molar-refractivity contribution in [2.75, 3.05) is 13.7 Å². The topological polar surface area (TPSA) is 50.8 Å². The molecule has 110 valence electrons. The fourth-order valence-corrected chi connectivity index (χ4v) is 2.59. The third-order valence-corrected chi connectivity index (χ3v) is 3.66. The van der Waals surface area contributed by atoms with Gasteiger partial charge in [-0.15, -0.1) is 0 Å². The molecular formula is C17H21N3O. The highest BCUT2D eigenvalue weighted by atomic mass is 16.5. The standard InChI is InChI=1S/C17H21N3O/c1-3-16(17-8-5-4-7-14(17)11-18)15-12-19-20(13-15)9-6-10-21-2/h4-5,7-8,12-13,16H,3,6,9-10H2,1-2H3/t16-/m1/s1. The van der Waals surface area contributed by atoms with Gasteiger partial charge in [-0.1, -0.05) is 25.1 Å². The van der Waals surface area contributed by atoms with E-state index in [1.165, 1.54) is 0 Å². The lowest BCUT2D eigenvalue weighted by molar-refractivity contribution is 0.189. The predicted octanol–water partition coefficient (Wildman–Crippen LogP) is 3.33. The Morgan fingerprint density at radius 3 is 2.90 bits per heavy atom. The van der Waals surface area contributed by atoms with Gasteiger partial charge in [0.25, 0.3) is 0 Å². The van der Waals surface area contributed by atoms with E-state index in [1.807, 2.05) is 35.1 Å². The number of nitrogens with zero attached hydrogens (tertiary/aromatic N) is 3. The van der Waals surface area contributed by atoms with Gasteiger partial charge in [0.15, 0.2) is 0 Å². The van der Waals surface area contributed by atoms with E-state index >= 15 is 0 Å². The Morgan fingerprint density at radius 2 is 2.19 bits per heavy atom. The molecule has 1 heterocycles. The molecule has 0 radical (unpaired) electrons. The van der Waals surface area contributed by atoms with Crippen LogP contribution >= 0.6 is 0 Å². The van der Waals surface area contributed by atoms with Crippen LogP contribution in [0.5, 0.6) is 0 Å². The van der Waals surface area contributed by atoms with Crippen LogP contribution in [0.3, 0.4) is 0 Å². The molecule has 0 saturated carbocycles. The highest BCUT2D eigenvalue weighted by Crippen LogP contribution is 2.29. The molecule has 0 bridgehead atoms. The van der Waals surface area contributed by atoms with E-state index in [1.54, 1.807) is 7.11 Å². The molecule has 0 saturated heterocycles. The second-order valence-corrected chi connectivity index (χ2v) is 5.04. The molecule has 0 aliphatic heterocycles. The van der Waals surface area contributed by atoms with Gasteiger partial charge in [0, 0.05) is 32.4 Å². The first kappa shape index (κ1) is 15.3. The molecule has 2 aromatic rings. The van der Waals surface area contributed by atoms with E-state index in [4.69, 9.17) is 4.74 Å². The number of aromatic nitrogens is 2. The molecular weight excluding hydrogens is 262 g/mol. The van der Waals surface area contributed by atoms with Crippen LogP contribution in [0.25, 0.3) is 0 Å². The van der Waals surface area contributed by atoms with Crippen LogP contribution in [0.4, 0.5) is 0 Å². The van der Waals surface area contributed by atoms with Gasteiger partial charge in [-0.05, 0) is 30.0 Å². The molecule has 4 heteroatoms.